The molecule has 0 aliphatic carbocycles. The molecule has 4 aromatic carbocycles. The second kappa shape index (κ2) is 20.6. The monoisotopic (exact) mass is 732 g/mol. The van der Waals surface area contributed by atoms with Gasteiger partial charge >= 0.3 is 0 Å². The van der Waals surface area contributed by atoms with Crippen molar-refractivity contribution in [2.45, 2.75) is 64.7 Å². The topological polar surface area (TPSA) is 49.9 Å². The van der Waals surface area contributed by atoms with Gasteiger partial charge in [-0.3, -0.25) is 19.6 Å². The maximum Gasteiger partial charge on any atom is 0.123 e. The highest BCUT2D eigenvalue weighted by Gasteiger charge is 2.19. The van der Waals surface area contributed by atoms with Crippen molar-refractivity contribution in [2.75, 3.05) is 78.8 Å². The van der Waals surface area contributed by atoms with Crippen molar-refractivity contribution in [3.8, 4) is 23.0 Å². The molecular weight excluding hydrogens is 673 g/mol. The van der Waals surface area contributed by atoms with Gasteiger partial charge in [-0.2, -0.15) is 0 Å². The standard InChI is InChI=1S/C46H60N4O4/c1-5-19-43-39(15-1)35-47-23-9-24-48(36-40-16-2-6-20-44(40)52-32-13-31-51-43)29-12-30-50-26-10-25-49(28-11-27-47)37-41-17-3-7-21-45(41)53-33-14-34-54-46-22-8-4-18-42(46)38-50/h1-8,15-22H,9-14,23-38H2. The van der Waals surface area contributed by atoms with Crippen molar-refractivity contribution in [3.63, 3.8) is 0 Å². The average molecular weight is 733 g/mol. The first-order valence-electron chi connectivity index (χ1n) is 20.5. The predicted octanol–water partition coefficient (Wildman–Crippen LogP) is 7.89. The number of fused-ring (bicyclic) bond motifs is 12. The van der Waals surface area contributed by atoms with E-state index in [1.54, 1.807) is 0 Å². The molecule has 3 aliphatic heterocycles. The molecule has 7 rings (SSSR count). The first-order chi connectivity index (χ1) is 26.8. The van der Waals surface area contributed by atoms with Gasteiger partial charge in [-0.1, -0.05) is 72.8 Å². The molecule has 288 valence electrons. The fourth-order valence-corrected chi connectivity index (χ4v) is 8.06. The van der Waals surface area contributed by atoms with Crippen molar-refractivity contribution in [1.29, 1.82) is 0 Å². The molecule has 4 bridgehead atoms. The van der Waals surface area contributed by atoms with Gasteiger partial charge in [0.1, 0.15) is 23.0 Å². The number of ether oxygens (including phenoxy) is 4. The van der Waals surface area contributed by atoms with Crippen LogP contribution < -0.4 is 18.9 Å². The fourth-order valence-electron chi connectivity index (χ4n) is 8.06. The highest BCUT2D eigenvalue weighted by atomic mass is 16.5. The zero-order valence-corrected chi connectivity index (χ0v) is 32.2. The highest BCUT2D eigenvalue weighted by Crippen LogP contribution is 2.26. The van der Waals surface area contributed by atoms with E-state index in [9.17, 15) is 0 Å². The third-order valence-electron chi connectivity index (χ3n) is 10.9. The first kappa shape index (κ1) is 38.2. The summed E-state index contributed by atoms with van der Waals surface area (Å²) in [5.74, 6) is 3.98. The summed E-state index contributed by atoms with van der Waals surface area (Å²) < 4.78 is 25.5. The van der Waals surface area contributed by atoms with Crippen molar-refractivity contribution < 1.29 is 18.9 Å². The van der Waals surface area contributed by atoms with Crippen molar-refractivity contribution >= 4 is 0 Å². The Bertz CT molecular complexity index is 1470. The van der Waals surface area contributed by atoms with E-state index in [-0.39, 0.29) is 0 Å². The second-order valence-electron chi connectivity index (χ2n) is 15.1. The van der Waals surface area contributed by atoms with Gasteiger partial charge in [-0.05, 0) is 102 Å². The van der Waals surface area contributed by atoms with Crippen LogP contribution in [-0.4, -0.2) is 98.4 Å². The smallest absolute Gasteiger partial charge is 0.123 e. The second-order valence-corrected chi connectivity index (χ2v) is 15.1. The maximum atomic E-state index is 6.38. The Morgan fingerprint density at radius 3 is 0.741 bits per heavy atom. The number of benzene rings is 4. The molecule has 0 saturated carbocycles. The summed E-state index contributed by atoms with van der Waals surface area (Å²) >= 11 is 0. The molecule has 8 heteroatoms. The summed E-state index contributed by atoms with van der Waals surface area (Å²) in [5.41, 5.74) is 5.08. The van der Waals surface area contributed by atoms with Crippen LogP contribution >= 0.6 is 0 Å². The molecule has 0 N–H and O–H groups in total. The Morgan fingerprint density at radius 2 is 0.500 bits per heavy atom. The van der Waals surface area contributed by atoms with Crippen LogP contribution in [0.2, 0.25) is 0 Å². The van der Waals surface area contributed by atoms with Crippen LogP contribution in [0.15, 0.2) is 97.1 Å². The van der Waals surface area contributed by atoms with E-state index in [2.05, 4.69) is 117 Å². The molecule has 0 radical (unpaired) electrons. The Balaban J connectivity index is 1.17. The highest BCUT2D eigenvalue weighted by molar-refractivity contribution is 5.36. The normalized spacial score (nSPS) is 24.0. The molecule has 0 amide bonds. The van der Waals surface area contributed by atoms with E-state index >= 15 is 0 Å². The van der Waals surface area contributed by atoms with E-state index in [0.717, 1.165) is 140 Å². The van der Waals surface area contributed by atoms with Crippen LogP contribution in [0, 0.1) is 0 Å². The summed E-state index contributed by atoms with van der Waals surface area (Å²) in [7, 11) is 0. The third kappa shape index (κ3) is 11.5. The van der Waals surface area contributed by atoms with Gasteiger partial charge in [0.2, 0.25) is 0 Å². The first-order valence-corrected chi connectivity index (χ1v) is 20.5. The number of hydrogen-bond acceptors (Lipinski definition) is 8. The van der Waals surface area contributed by atoms with Gasteiger partial charge in [0, 0.05) is 61.3 Å². The van der Waals surface area contributed by atoms with Crippen LogP contribution in [0.3, 0.4) is 0 Å². The van der Waals surface area contributed by atoms with Crippen LogP contribution in [-0.2, 0) is 26.2 Å². The average Bonchev–Trinajstić information content (AvgIpc) is 3.18. The molecule has 0 aromatic heterocycles. The summed E-state index contributed by atoms with van der Waals surface area (Å²) in [6.45, 7) is 14.5. The molecule has 1 saturated heterocycles. The van der Waals surface area contributed by atoms with Crippen LogP contribution in [0.25, 0.3) is 0 Å². The van der Waals surface area contributed by atoms with E-state index in [0.29, 0.717) is 26.4 Å². The number of para-hydroxylation sites is 4. The van der Waals surface area contributed by atoms with Gasteiger partial charge in [0.25, 0.3) is 0 Å². The minimum Gasteiger partial charge on any atom is -0.493 e. The lowest BCUT2D eigenvalue weighted by Gasteiger charge is -2.31. The SMILES string of the molecule is c1ccc2c(c1)CN1CCCN(CCCN3CCCN(CCC1)Cc1ccccc1OCCCOc1ccccc1C3)Cc1ccccc1OCCCO2. The molecular formula is C46H60N4O4. The van der Waals surface area contributed by atoms with Gasteiger partial charge in [0.15, 0.2) is 0 Å². The Kier molecular flexibility index (Phi) is 14.5. The summed E-state index contributed by atoms with van der Waals surface area (Å²) in [4.78, 5) is 10.7. The van der Waals surface area contributed by atoms with Crippen molar-refractivity contribution in [1.82, 2.24) is 19.6 Å². The maximum absolute atomic E-state index is 6.38. The van der Waals surface area contributed by atoms with Crippen LogP contribution in [0.4, 0.5) is 0 Å². The third-order valence-corrected chi connectivity index (χ3v) is 10.9. The lowest BCUT2D eigenvalue weighted by Crippen LogP contribution is -2.36. The zero-order chi connectivity index (χ0) is 36.6. The zero-order valence-electron chi connectivity index (χ0n) is 32.2. The number of hydrogen-bond donors (Lipinski definition) is 0. The molecule has 4 aromatic rings. The summed E-state index contributed by atoms with van der Waals surface area (Å²) in [6, 6.07) is 34.5. The minimum absolute atomic E-state index is 0.637. The van der Waals surface area contributed by atoms with E-state index in [4.69, 9.17) is 18.9 Å². The van der Waals surface area contributed by atoms with Gasteiger partial charge in [0.05, 0.1) is 26.4 Å². The lowest BCUT2D eigenvalue weighted by molar-refractivity contribution is 0.167. The Hall–Kier alpha value is -4.08. The van der Waals surface area contributed by atoms with Crippen molar-refractivity contribution in [3.05, 3.63) is 119 Å². The van der Waals surface area contributed by atoms with Gasteiger partial charge in [-0.25, -0.2) is 0 Å². The Morgan fingerprint density at radius 1 is 0.278 bits per heavy atom. The van der Waals surface area contributed by atoms with E-state index < -0.39 is 0 Å². The molecule has 8 nitrogen and oxygen atoms in total. The number of nitrogens with zero attached hydrogens (tertiary/aromatic N) is 4. The fraction of sp³-hybridized carbons (Fsp3) is 0.478. The molecule has 0 unspecified atom stereocenters. The Labute approximate surface area is 323 Å². The molecule has 3 aliphatic rings. The van der Waals surface area contributed by atoms with E-state index in [1.807, 2.05) is 0 Å². The molecule has 3 heterocycles. The molecule has 0 atom stereocenters. The largest absolute Gasteiger partial charge is 0.493 e. The minimum atomic E-state index is 0.637. The van der Waals surface area contributed by atoms with Gasteiger partial charge < -0.3 is 18.9 Å². The summed E-state index contributed by atoms with van der Waals surface area (Å²) in [6.07, 6.45) is 6.10. The van der Waals surface area contributed by atoms with Crippen molar-refractivity contribution in [2.24, 2.45) is 0 Å². The lowest BCUT2D eigenvalue weighted by atomic mass is 10.1. The predicted molar refractivity (Wildman–Crippen MR) is 217 cm³/mol. The molecule has 1 fully saturated rings. The molecule has 0 spiro atoms. The van der Waals surface area contributed by atoms with E-state index in [1.165, 1.54) is 22.3 Å². The van der Waals surface area contributed by atoms with Crippen LogP contribution in [0.5, 0.6) is 23.0 Å². The van der Waals surface area contributed by atoms with Gasteiger partial charge in [-0.15, -0.1) is 0 Å². The van der Waals surface area contributed by atoms with Crippen LogP contribution in [0.1, 0.15) is 60.8 Å². The quantitative estimate of drug-likeness (QED) is 0.181. The summed E-state index contributed by atoms with van der Waals surface area (Å²) in [5, 5.41) is 0. The molecule has 54 heavy (non-hydrogen) atoms. The number of rotatable bonds is 0.